The van der Waals surface area contributed by atoms with Crippen molar-refractivity contribution in [2.45, 2.75) is 25.7 Å². The molecule has 8 aromatic rings. The summed E-state index contributed by atoms with van der Waals surface area (Å²) in [5.74, 6) is 0. The van der Waals surface area contributed by atoms with E-state index in [1.54, 1.807) is 0 Å². The molecule has 3 nitrogen and oxygen atoms in total. The highest BCUT2D eigenvalue weighted by Crippen LogP contribution is 2.48. The minimum absolute atomic E-state index is 0.294. The van der Waals surface area contributed by atoms with Crippen molar-refractivity contribution in [1.82, 2.24) is 4.57 Å². The third kappa shape index (κ3) is 5.68. The molecule has 55 heavy (non-hydrogen) atoms. The molecule has 0 saturated heterocycles. The summed E-state index contributed by atoms with van der Waals surface area (Å²) >= 11 is 0. The molecule has 2 aliphatic heterocycles. The lowest BCUT2D eigenvalue weighted by atomic mass is 9.78. The molecule has 0 spiro atoms. The van der Waals surface area contributed by atoms with Crippen molar-refractivity contribution < 1.29 is 0 Å². The molecule has 0 fully saturated rings. The SMILES string of the molecule is CC1(C)C(c2ccccc2)=Nc2ccc3c4ccccc4n(-c4ccc(C5=CC(c6ccc(-c7ccccc7)cc6)=CCC(c6ccccc6)=N5)cc4)c3c21. The van der Waals surface area contributed by atoms with Crippen LogP contribution in [0.2, 0.25) is 0 Å². The zero-order valence-corrected chi connectivity index (χ0v) is 30.9. The lowest BCUT2D eigenvalue weighted by molar-refractivity contribution is 0.741. The van der Waals surface area contributed by atoms with Gasteiger partial charge < -0.3 is 4.57 Å². The van der Waals surface area contributed by atoms with Gasteiger partial charge in [0.05, 0.1) is 33.8 Å². The second-order valence-electron chi connectivity index (χ2n) is 15.0. The predicted molar refractivity (Wildman–Crippen MR) is 232 cm³/mol. The van der Waals surface area contributed by atoms with E-state index in [0.29, 0.717) is 0 Å². The summed E-state index contributed by atoms with van der Waals surface area (Å²) in [6, 6.07) is 62.8. The summed E-state index contributed by atoms with van der Waals surface area (Å²) in [7, 11) is 0. The van der Waals surface area contributed by atoms with Gasteiger partial charge in [-0.3, -0.25) is 9.98 Å². The van der Waals surface area contributed by atoms with Crippen LogP contribution in [0.3, 0.4) is 0 Å². The molecule has 0 N–H and O–H groups in total. The van der Waals surface area contributed by atoms with Crippen LogP contribution in [-0.4, -0.2) is 16.0 Å². The summed E-state index contributed by atoms with van der Waals surface area (Å²) in [6.45, 7) is 4.63. The van der Waals surface area contributed by atoms with E-state index in [2.05, 4.69) is 206 Å². The van der Waals surface area contributed by atoms with E-state index >= 15 is 0 Å². The largest absolute Gasteiger partial charge is 0.309 e. The van der Waals surface area contributed by atoms with E-state index < -0.39 is 0 Å². The number of hydrogen-bond donors (Lipinski definition) is 0. The molecule has 3 heterocycles. The molecule has 0 atom stereocenters. The summed E-state index contributed by atoms with van der Waals surface area (Å²) in [5, 5.41) is 2.48. The summed E-state index contributed by atoms with van der Waals surface area (Å²) in [6.07, 6.45) is 5.31. The Hall–Kier alpha value is -6.84. The highest BCUT2D eigenvalue weighted by atomic mass is 15.0. The van der Waals surface area contributed by atoms with Crippen molar-refractivity contribution in [2.24, 2.45) is 9.98 Å². The first-order valence-corrected chi connectivity index (χ1v) is 19.1. The smallest absolute Gasteiger partial charge is 0.0711 e. The Kier molecular flexibility index (Phi) is 7.88. The minimum atomic E-state index is -0.294. The fourth-order valence-corrected chi connectivity index (χ4v) is 8.49. The van der Waals surface area contributed by atoms with Gasteiger partial charge >= 0.3 is 0 Å². The lowest BCUT2D eigenvalue weighted by Crippen LogP contribution is -2.27. The molecule has 0 aliphatic carbocycles. The Bertz CT molecular complexity index is 2850. The van der Waals surface area contributed by atoms with Crippen molar-refractivity contribution in [2.75, 3.05) is 0 Å². The Labute approximate surface area is 322 Å². The number of fused-ring (bicyclic) bond motifs is 5. The van der Waals surface area contributed by atoms with Crippen LogP contribution in [0.5, 0.6) is 0 Å². The Morgan fingerprint density at radius 3 is 1.78 bits per heavy atom. The quantitative estimate of drug-likeness (QED) is 0.165. The van der Waals surface area contributed by atoms with E-state index in [0.717, 1.165) is 51.6 Å². The van der Waals surface area contributed by atoms with Gasteiger partial charge in [0.15, 0.2) is 0 Å². The Morgan fingerprint density at radius 2 is 1.07 bits per heavy atom. The van der Waals surface area contributed by atoms with Gasteiger partial charge in [0.25, 0.3) is 0 Å². The number of rotatable bonds is 6. The van der Waals surface area contributed by atoms with Crippen molar-refractivity contribution in [3.63, 3.8) is 0 Å². The van der Waals surface area contributed by atoms with Crippen LogP contribution >= 0.6 is 0 Å². The van der Waals surface area contributed by atoms with Crippen LogP contribution in [0.1, 0.15) is 48.1 Å². The second kappa shape index (κ2) is 13.2. The molecule has 1 aromatic heterocycles. The zero-order chi connectivity index (χ0) is 36.9. The van der Waals surface area contributed by atoms with Crippen molar-refractivity contribution >= 4 is 50.2 Å². The van der Waals surface area contributed by atoms with E-state index in [9.17, 15) is 0 Å². The molecule has 0 radical (unpaired) electrons. The van der Waals surface area contributed by atoms with Crippen LogP contribution in [0.25, 0.3) is 49.9 Å². The number of allylic oxidation sites excluding steroid dienone is 3. The number of hydrogen-bond acceptors (Lipinski definition) is 2. The fraction of sp³-hybridized carbons (Fsp3) is 0.0769. The molecule has 7 aromatic carbocycles. The molecular weight excluding hydrogens is 667 g/mol. The van der Waals surface area contributed by atoms with Gasteiger partial charge in [-0.05, 0) is 77.6 Å². The Morgan fingerprint density at radius 1 is 0.491 bits per heavy atom. The van der Waals surface area contributed by atoms with Crippen molar-refractivity contribution in [3.8, 4) is 16.8 Å². The number of aliphatic imine (C=N–C) groups is 2. The summed E-state index contributed by atoms with van der Waals surface area (Å²) in [5.41, 5.74) is 16.8. The molecule has 0 bridgehead atoms. The molecule has 2 aliphatic rings. The first-order valence-electron chi connectivity index (χ1n) is 19.1. The predicted octanol–water partition coefficient (Wildman–Crippen LogP) is 13.2. The van der Waals surface area contributed by atoms with E-state index in [-0.39, 0.29) is 5.41 Å². The lowest BCUT2D eigenvalue weighted by Gasteiger charge is -2.24. The van der Waals surface area contributed by atoms with Gasteiger partial charge in [-0.2, -0.15) is 0 Å². The highest BCUT2D eigenvalue weighted by molar-refractivity contribution is 6.19. The van der Waals surface area contributed by atoms with E-state index in [1.807, 2.05) is 0 Å². The zero-order valence-electron chi connectivity index (χ0n) is 30.9. The standard InChI is InChI=1S/C52H39N3/c1-52(2)49-46(54-51(52)40-18-10-5-11-19-40)33-31-44-43-20-12-13-21-48(43)55(50(44)49)42-29-26-39(27-30-42)47-34-41(28-32-45(53-47)38-16-8-4-9-17-38)37-24-22-36(23-25-37)35-14-6-3-7-15-35/h3-31,33-34H,32H2,1-2H3. The summed E-state index contributed by atoms with van der Waals surface area (Å²) in [4.78, 5) is 10.6. The number of aromatic nitrogens is 1. The van der Waals surface area contributed by atoms with Crippen molar-refractivity contribution in [1.29, 1.82) is 0 Å². The Balaban J connectivity index is 1.08. The maximum Gasteiger partial charge on any atom is 0.0711 e. The van der Waals surface area contributed by atoms with Gasteiger partial charge in [-0.1, -0.05) is 158 Å². The first-order chi connectivity index (χ1) is 27.0. The highest BCUT2D eigenvalue weighted by Gasteiger charge is 2.39. The number of benzene rings is 7. The van der Waals surface area contributed by atoms with Gasteiger partial charge in [0.1, 0.15) is 0 Å². The molecule has 10 rings (SSSR count). The molecule has 0 unspecified atom stereocenters. The van der Waals surface area contributed by atoms with Crippen LogP contribution in [-0.2, 0) is 5.41 Å². The molecule has 262 valence electrons. The fourth-order valence-electron chi connectivity index (χ4n) is 8.49. The summed E-state index contributed by atoms with van der Waals surface area (Å²) < 4.78 is 2.44. The van der Waals surface area contributed by atoms with Crippen LogP contribution in [0, 0.1) is 0 Å². The van der Waals surface area contributed by atoms with Gasteiger partial charge in [-0.15, -0.1) is 0 Å². The van der Waals surface area contributed by atoms with E-state index in [1.165, 1.54) is 49.6 Å². The van der Waals surface area contributed by atoms with Gasteiger partial charge in [0.2, 0.25) is 0 Å². The second-order valence-corrected chi connectivity index (χ2v) is 15.0. The number of nitrogens with zero attached hydrogens (tertiary/aromatic N) is 3. The van der Waals surface area contributed by atoms with Crippen LogP contribution in [0.4, 0.5) is 5.69 Å². The van der Waals surface area contributed by atoms with E-state index in [4.69, 9.17) is 9.98 Å². The molecule has 0 saturated carbocycles. The monoisotopic (exact) mass is 705 g/mol. The molecule has 0 amide bonds. The van der Waals surface area contributed by atoms with Gasteiger partial charge in [0, 0.05) is 39.4 Å². The van der Waals surface area contributed by atoms with Crippen LogP contribution in [0.15, 0.2) is 198 Å². The van der Waals surface area contributed by atoms with Crippen LogP contribution < -0.4 is 0 Å². The minimum Gasteiger partial charge on any atom is -0.309 e. The molecule has 3 heteroatoms. The average molecular weight is 706 g/mol. The third-order valence-electron chi connectivity index (χ3n) is 11.2. The maximum atomic E-state index is 5.36. The third-order valence-corrected chi connectivity index (χ3v) is 11.2. The first kappa shape index (κ1) is 32.8. The maximum absolute atomic E-state index is 5.36. The van der Waals surface area contributed by atoms with Gasteiger partial charge in [-0.25, -0.2) is 0 Å². The molecular formula is C52H39N3. The average Bonchev–Trinajstić information content (AvgIpc) is 3.60. The normalized spacial score (nSPS) is 14.9. The topological polar surface area (TPSA) is 29.6 Å². The van der Waals surface area contributed by atoms with Crippen molar-refractivity contribution in [3.05, 3.63) is 216 Å². The number of para-hydroxylation sites is 1.